The summed E-state index contributed by atoms with van der Waals surface area (Å²) in [5, 5.41) is 0. The second-order valence-electron chi connectivity index (χ2n) is 7.00. The Balaban J connectivity index is 1.58. The highest BCUT2D eigenvalue weighted by Crippen LogP contribution is 2.22. The molecule has 3 rings (SSSR count). The predicted molar refractivity (Wildman–Crippen MR) is 101 cm³/mol. The van der Waals surface area contributed by atoms with Crippen LogP contribution in [0.5, 0.6) is 5.75 Å². The Bertz CT molecular complexity index is 674. The quantitative estimate of drug-likeness (QED) is 0.774. The summed E-state index contributed by atoms with van der Waals surface area (Å²) in [6.45, 7) is 8.81. The van der Waals surface area contributed by atoms with Gasteiger partial charge in [-0.05, 0) is 45.0 Å². The van der Waals surface area contributed by atoms with E-state index in [2.05, 4.69) is 44.6 Å². The van der Waals surface area contributed by atoms with E-state index in [1.807, 2.05) is 19.3 Å². The number of likely N-dealkylation sites (N-methyl/N-ethyl adjacent to an activating group) is 1. The summed E-state index contributed by atoms with van der Waals surface area (Å²) < 4.78 is 7.71. The van der Waals surface area contributed by atoms with Gasteiger partial charge in [-0.1, -0.05) is 12.1 Å². The molecule has 0 aliphatic carbocycles. The highest BCUT2D eigenvalue weighted by Gasteiger charge is 2.13. The van der Waals surface area contributed by atoms with Gasteiger partial charge < -0.3 is 19.1 Å². The predicted octanol–water partition coefficient (Wildman–Crippen LogP) is 2.43. The van der Waals surface area contributed by atoms with Crippen molar-refractivity contribution < 1.29 is 4.74 Å². The van der Waals surface area contributed by atoms with Crippen LogP contribution < -0.4 is 4.74 Å². The lowest BCUT2D eigenvalue weighted by molar-refractivity contribution is 0.153. The summed E-state index contributed by atoms with van der Waals surface area (Å²) in [6.07, 6.45) is 6.20. The highest BCUT2D eigenvalue weighted by atomic mass is 16.5. The fourth-order valence-corrected chi connectivity index (χ4v) is 3.44. The summed E-state index contributed by atoms with van der Waals surface area (Å²) >= 11 is 0. The molecule has 1 aliphatic rings. The number of aromatic nitrogens is 2. The van der Waals surface area contributed by atoms with E-state index in [0.29, 0.717) is 0 Å². The Morgan fingerprint density at radius 1 is 1.16 bits per heavy atom. The van der Waals surface area contributed by atoms with Crippen molar-refractivity contribution >= 4 is 0 Å². The van der Waals surface area contributed by atoms with Crippen LogP contribution in [-0.2, 0) is 13.0 Å². The maximum atomic E-state index is 5.55. The van der Waals surface area contributed by atoms with Crippen molar-refractivity contribution in [3.8, 4) is 5.75 Å². The second kappa shape index (κ2) is 8.50. The molecule has 5 heteroatoms. The SMILES string of the molecule is COc1ccc(CCCN2CCN(C)CC2)cc1Cn1ccnc1C. The van der Waals surface area contributed by atoms with Crippen LogP contribution in [0.3, 0.4) is 0 Å². The molecule has 0 saturated carbocycles. The van der Waals surface area contributed by atoms with Crippen molar-refractivity contribution in [3.05, 3.63) is 47.5 Å². The van der Waals surface area contributed by atoms with E-state index in [0.717, 1.165) is 24.5 Å². The molecular weight excluding hydrogens is 312 g/mol. The zero-order valence-electron chi connectivity index (χ0n) is 15.7. The van der Waals surface area contributed by atoms with E-state index in [4.69, 9.17) is 4.74 Å². The third-order valence-electron chi connectivity index (χ3n) is 5.14. The Hall–Kier alpha value is -1.85. The number of nitrogens with zero attached hydrogens (tertiary/aromatic N) is 4. The van der Waals surface area contributed by atoms with Gasteiger partial charge in [0.05, 0.1) is 13.7 Å². The highest BCUT2D eigenvalue weighted by molar-refractivity contribution is 5.37. The third kappa shape index (κ3) is 4.83. The molecule has 0 radical (unpaired) electrons. The Kier molecular flexibility index (Phi) is 6.10. The molecule has 1 aromatic carbocycles. The van der Waals surface area contributed by atoms with Gasteiger partial charge in [-0.15, -0.1) is 0 Å². The molecule has 1 saturated heterocycles. The first-order valence-electron chi connectivity index (χ1n) is 9.20. The molecule has 0 bridgehead atoms. The minimum atomic E-state index is 0.807. The summed E-state index contributed by atoms with van der Waals surface area (Å²) in [6, 6.07) is 6.60. The van der Waals surface area contributed by atoms with Crippen LogP contribution in [0.4, 0.5) is 0 Å². The molecule has 0 N–H and O–H groups in total. The van der Waals surface area contributed by atoms with Crippen LogP contribution >= 0.6 is 0 Å². The Morgan fingerprint density at radius 3 is 2.64 bits per heavy atom. The van der Waals surface area contributed by atoms with Crippen LogP contribution in [0, 0.1) is 6.92 Å². The van der Waals surface area contributed by atoms with Crippen LogP contribution in [0.25, 0.3) is 0 Å². The standard InChI is InChI=1S/C20H30N4O/c1-17-21-8-10-24(17)16-19-15-18(6-7-20(19)25-3)5-4-9-23-13-11-22(2)12-14-23/h6-8,10,15H,4-5,9,11-14,16H2,1-3H3. The number of benzene rings is 1. The molecule has 2 heterocycles. The van der Waals surface area contributed by atoms with Crippen LogP contribution in [0.1, 0.15) is 23.4 Å². The molecule has 2 aromatic rings. The first-order chi connectivity index (χ1) is 12.2. The lowest BCUT2D eigenvalue weighted by atomic mass is 10.0. The van der Waals surface area contributed by atoms with Gasteiger partial charge in [0, 0.05) is 44.1 Å². The summed E-state index contributed by atoms with van der Waals surface area (Å²) in [7, 11) is 3.95. The topological polar surface area (TPSA) is 33.5 Å². The van der Waals surface area contributed by atoms with Crippen molar-refractivity contribution in [2.75, 3.05) is 46.9 Å². The first-order valence-corrected chi connectivity index (χ1v) is 9.20. The molecule has 1 fully saturated rings. The van der Waals surface area contributed by atoms with Gasteiger partial charge in [0.15, 0.2) is 0 Å². The number of hydrogen-bond acceptors (Lipinski definition) is 4. The average molecular weight is 342 g/mol. The average Bonchev–Trinajstić information content (AvgIpc) is 3.02. The fraction of sp³-hybridized carbons (Fsp3) is 0.550. The zero-order valence-corrected chi connectivity index (χ0v) is 15.7. The number of methoxy groups -OCH3 is 1. The normalized spacial score (nSPS) is 16.3. The van der Waals surface area contributed by atoms with Crippen molar-refractivity contribution in [1.29, 1.82) is 0 Å². The number of imidazole rings is 1. The van der Waals surface area contributed by atoms with E-state index in [1.54, 1.807) is 7.11 Å². The van der Waals surface area contributed by atoms with E-state index < -0.39 is 0 Å². The van der Waals surface area contributed by atoms with Crippen LogP contribution in [0.2, 0.25) is 0 Å². The minimum Gasteiger partial charge on any atom is -0.496 e. The lowest BCUT2D eigenvalue weighted by Gasteiger charge is -2.32. The van der Waals surface area contributed by atoms with Crippen molar-refractivity contribution in [1.82, 2.24) is 19.4 Å². The zero-order chi connectivity index (χ0) is 17.6. The van der Waals surface area contributed by atoms with Gasteiger partial charge in [0.1, 0.15) is 11.6 Å². The molecule has 1 aromatic heterocycles. The van der Waals surface area contributed by atoms with Crippen LogP contribution in [-0.4, -0.2) is 66.2 Å². The summed E-state index contributed by atoms with van der Waals surface area (Å²) in [5.41, 5.74) is 2.61. The second-order valence-corrected chi connectivity index (χ2v) is 7.00. The number of ether oxygens (including phenoxy) is 1. The molecule has 25 heavy (non-hydrogen) atoms. The number of rotatable bonds is 7. The van der Waals surface area contributed by atoms with E-state index in [9.17, 15) is 0 Å². The molecule has 0 atom stereocenters. The molecule has 0 amide bonds. The Morgan fingerprint density at radius 2 is 1.96 bits per heavy atom. The van der Waals surface area contributed by atoms with Gasteiger partial charge in [-0.2, -0.15) is 0 Å². The maximum Gasteiger partial charge on any atom is 0.123 e. The van der Waals surface area contributed by atoms with E-state index in [-0.39, 0.29) is 0 Å². The Labute approximate surface area is 151 Å². The number of piperazine rings is 1. The van der Waals surface area contributed by atoms with E-state index >= 15 is 0 Å². The van der Waals surface area contributed by atoms with Crippen molar-refractivity contribution in [3.63, 3.8) is 0 Å². The van der Waals surface area contributed by atoms with Crippen LogP contribution in [0.15, 0.2) is 30.6 Å². The van der Waals surface area contributed by atoms with E-state index in [1.165, 1.54) is 50.3 Å². The molecule has 5 nitrogen and oxygen atoms in total. The number of aryl methyl sites for hydroxylation is 2. The van der Waals surface area contributed by atoms with Gasteiger partial charge in [0.2, 0.25) is 0 Å². The monoisotopic (exact) mass is 342 g/mol. The maximum absolute atomic E-state index is 5.55. The molecular formula is C20H30N4O. The summed E-state index contributed by atoms with van der Waals surface area (Å²) in [5.74, 6) is 1.98. The number of hydrogen-bond donors (Lipinski definition) is 0. The smallest absolute Gasteiger partial charge is 0.123 e. The third-order valence-corrected chi connectivity index (χ3v) is 5.14. The lowest BCUT2D eigenvalue weighted by Crippen LogP contribution is -2.44. The molecule has 136 valence electrons. The van der Waals surface area contributed by atoms with Gasteiger partial charge in [0.25, 0.3) is 0 Å². The van der Waals surface area contributed by atoms with Gasteiger partial charge >= 0.3 is 0 Å². The summed E-state index contributed by atoms with van der Waals surface area (Å²) in [4.78, 5) is 9.30. The van der Waals surface area contributed by atoms with Gasteiger partial charge in [-0.25, -0.2) is 4.98 Å². The minimum absolute atomic E-state index is 0.807. The first kappa shape index (κ1) is 18.0. The molecule has 0 unspecified atom stereocenters. The fourth-order valence-electron chi connectivity index (χ4n) is 3.44. The molecule has 1 aliphatic heterocycles. The van der Waals surface area contributed by atoms with Crippen molar-refractivity contribution in [2.45, 2.75) is 26.3 Å². The molecule has 0 spiro atoms. The largest absolute Gasteiger partial charge is 0.496 e. The van der Waals surface area contributed by atoms with Crippen molar-refractivity contribution in [2.24, 2.45) is 0 Å². The van der Waals surface area contributed by atoms with Gasteiger partial charge in [-0.3, -0.25) is 0 Å².